The summed E-state index contributed by atoms with van der Waals surface area (Å²) in [6.07, 6.45) is 0.865. The summed E-state index contributed by atoms with van der Waals surface area (Å²) in [5, 5.41) is 5.41. The molecule has 1 aromatic carbocycles. The van der Waals surface area contributed by atoms with E-state index in [9.17, 15) is 9.59 Å². The third-order valence-corrected chi connectivity index (χ3v) is 2.79. The van der Waals surface area contributed by atoms with Gasteiger partial charge in [0.25, 0.3) is 5.91 Å². The predicted molar refractivity (Wildman–Crippen MR) is 75.8 cm³/mol. The minimum atomic E-state index is -0.559. The second-order valence-electron chi connectivity index (χ2n) is 4.56. The van der Waals surface area contributed by atoms with E-state index in [-0.39, 0.29) is 11.8 Å². The number of benzene rings is 1. The molecule has 104 valence electrons. The summed E-state index contributed by atoms with van der Waals surface area (Å²) in [4.78, 5) is 23.7. The molecule has 2 amide bonds. The van der Waals surface area contributed by atoms with Gasteiger partial charge >= 0.3 is 0 Å². The van der Waals surface area contributed by atoms with Crippen LogP contribution in [0.1, 0.15) is 36.2 Å². The molecule has 0 bridgehead atoms. The highest BCUT2D eigenvalue weighted by atomic mass is 16.2. The Balaban J connectivity index is 2.66. The zero-order chi connectivity index (χ0) is 14.4. The summed E-state index contributed by atoms with van der Waals surface area (Å²) in [6.45, 7) is 6.06. The maximum Gasteiger partial charge on any atom is 0.252 e. The molecule has 0 aliphatic carbocycles. The fourth-order valence-electron chi connectivity index (χ4n) is 1.68. The largest absolute Gasteiger partial charge is 0.399 e. The van der Waals surface area contributed by atoms with Crippen LogP contribution in [-0.4, -0.2) is 24.4 Å². The summed E-state index contributed by atoms with van der Waals surface area (Å²) in [7, 11) is 0. The lowest BCUT2D eigenvalue weighted by atomic mass is 10.1. The van der Waals surface area contributed by atoms with Gasteiger partial charge in [-0.25, -0.2) is 0 Å². The molecule has 0 aliphatic heterocycles. The normalized spacial score (nSPS) is 11.7. The summed E-state index contributed by atoms with van der Waals surface area (Å²) < 4.78 is 0. The van der Waals surface area contributed by atoms with Crippen LogP contribution in [0.3, 0.4) is 0 Å². The molecular formula is C14H21N3O2. The lowest BCUT2D eigenvalue weighted by Gasteiger charge is -2.15. The van der Waals surface area contributed by atoms with Crippen LogP contribution in [0, 0.1) is 6.92 Å². The minimum Gasteiger partial charge on any atom is -0.399 e. The quantitative estimate of drug-likeness (QED) is 0.698. The van der Waals surface area contributed by atoms with Crippen molar-refractivity contribution in [3.63, 3.8) is 0 Å². The van der Waals surface area contributed by atoms with Gasteiger partial charge in [-0.3, -0.25) is 9.59 Å². The number of nitrogen functional groups attached to an aromatic ring is 1. The van der Waals surface area contributed by atoms with Gasteiger partial charge in [0.1, 0.15) is 6.04 Å². The molecule has 0 fully saturated rings. The van der Waals surface area contributed by atoms with E-state index in [2.05, 4.69) is 10.6 Å². The van der Waals surface area contributed by atoms with Crippen molar-refractivity contribution in [1.82, 2.24) is 10.6 Å². The Morgan fingerprint density at radius 2 is 2.05 bits per heavy atom. The lowest BCUT2D eigenvalue weighted by Crippen LogP contribution is -2.45. The molecule has 1 unspecified atom stereocenters. The summed E-state index contributed by atoms with van der Waals surface area (Å²) in [5.74, 6) is -0.444. The summed E-state index contributed by atoms with van der Waals surface area (Å²) in [6, 6.07) is 4.51. The molecule has 0 aromatic heterocycles. The number of aryl methyl sites for hydroxylation is 1. The van der Waals surface area contributed by atoms with E-state index in [1.54, 1.807) is 25.1 Å². The molecule has 0 heterocycles. The van der Waals surface area contributed by atoms with E-state index in [1.165, 1.54) is 0 Å². The zero-order valence-corrected chi connectivity index (χ0v) is 11.6. The number of carbonyl (C=O) groups is 2. The fraction of sp³-hybridized carbons (Fsp3) is 0.429. The van der Waals surface area contributed by atoms with Gasteiger partial charge in [-0.05, 0) is 44.0 Å². The number of nitrogens with two attached hydrogens (primary N) is 1. The molecule has 1 aromatic rings. The van der Waals surface area contributed by atoms with Gasteiger partial charge in [0.05, 0.1) is 0 Å². The van der Waals surface area contributed by atoms with Gasteiger partial charge in [0.15, 0.2) is 0 Å². The summed E-state index contributed by atoms with van der Waals surface area (Å²) in [5.41, 5.74) is 7.57. The van der Waals surface area contributed by atoms with Gasteiger partial charge in [-0.1, -0.05) is 6.92 Å². The standard InChI is InChI=1S/C14H21N3O2/c1-4-7-16-13(18)10(3)17-14(19)12-6-5-11(15)8-9(12)2/h5-6,8,10H,4,7,15H2,1-3H3,(H,16,18)(H,17,19). The van der Waals surface area contributed by atoms with Gasteiger partial charge in [-0.15, -0.1) is 0 Å². The van der Waals surface area contributed by atoms with Crippen LogP contribution in [0.5, 0.6) is 0 Å². The van der Waals surface area contributed by atoms with Crippen molar-refractivity contribution in [3.05, 3.63) is 29.3 Å². The maximum absolute atomic E-state index is 12.0. The van der Waals surface area contributed by atoms with Crippen LogP contribution in [0.4, 0.5) is 5.69 Å². The second-order valence-corrected chi connectivity index (χ2v) is 4.56. The summed E-state index contributed by atoms with van der Waals surface area (Å²) >= 11 is 0. The van der Waals surface area contributed by atoms with Crippen LogP contribution in [-0.2, 0) is 4.79 Å². The molecular weight excluding hydrogens is 242 g/mol. The Morgan fingerprint density at radius 3 is 2.63 bits per heavy atom. The Labute approximate surface area is 113 Å². The first-order chi connectivity index (χ1) is 8.95. The first-order valence-electron chi connectivity index (χ1n) is 6.40. The van der Waals surface area contributed by atoms with Crippen molar-refractivity contribution in [2.75, 3.05) is 12.3 Å². The highest BCUT2D eigenvalue weighted by Gasteiger charge is 2.17. The average Bonchev–Trinajstić information content (AvgIpc) is 2.35. The zero-order valence-electron chi connectivity index (χ0n) is 11.6. The van der Waals surface area contributed by atoms with Crippen LogP contribution >= 0.6 is 0 Å². The van der Waals surface area contributed by atoms with Crippen molar-refractivity contribution in [2.45, 2.75) is 33.2 Å². The minimum absolute atomic E-state index is 0.178. The van der Waals surface area contributed by atoms with Gasteiger partial charge in [0.2, 0.25) is 5.91 Å². The first-order valence-corrected chi connectivity index (χ1v) is 6.40. The van der Waals surface area contributed by atoms with E-state index in [4.69, 9.17) is 5.73 Å². The molecule has 0 aliphatic rings. The molecule has 0 saturated carbocycles. The highest BCUT2D eigenvalue weighted by Crippen LogP contribution is 2.12. The average molecular weight is 263 g/mol. The number of nitrogens with one attached hydrogen (secondary N) is 2. The van der Waals surface area contributed by atoms with Gasteiger partial charge < -0.3 is 16.4 Å². The number of rotatable bonds is 5. The topological polar surface area (TPSA) is 84.2 Å². The van der Waals surface area contributed by atoms with Crippen LogP contribution in [0.25, 0.3) is 0 Å². The lowest BCUT2D eigenvalue weighted by molar-refractivity contribution is -0.122. The monoisotopic (exact) mass is 263 g/mol. The van der Waals surface area contributed by atoms with Crippen LogP contribution in [0.15, 0.2) is 18.2 Å². The van der Waals surface area contributed by atoms with Gasteiger partial charge in [0, 0.05) is 17.8 Å². The molecule has 4 N–H and O–H groups in total. The van der Waals surface area contributed by atoms with E-state index >= 15 is 0 Å². The molecule has 19 heavy (non-hydrogen) atoms. The molecule has 5 heteroatoms. The van der Waals surface area contributed by atoms with E-state index in [0.29, 0.717) is 17.8 Å². The molecule has 0 spiro atoms. The van der Waals surface area contributed by atoms with E-state index < -0.39 is 6.04 Å². The molecule has 5 nitrogen and oxygen atoms in total. The van der Waals surface area contributed by atoms with Crippen LogP contribution in [0.2, 0.25) is 0 Å². The van der Waals surface area contributed by atoms with Crippen molar-refractivity contribution in [2.24, 2.45) is 0 Å². The molecule has 0 saturated heterocycles. The van der Waals surface area contributed by atoms with Gasteiger partial charge in [-0.2, -0.15) is 0 Å². The second kappa shape index (κ2) is 6.78. The number of hydrogen-bond donors (Lipinski definition) is 3. The Hall–Kier alpha value is -2.04. The van der Waals surface area contributed by atoms with E-state index in [1.807, 2.05) is 13.8 Å². The van der Waals surface area contributed by atoms with Crippen molar-refractivity contribution in [1.29, 1.82) is 0 Å². The number of carbonyl (C=O) groups excluding carboxylic acids is 2. The number of amides is 2. The van der Waals surface area contributed by atoms with E-state index in [0.717, 1.165) is 12.0 Å². The first kappa shape index (κ1) is 15.0. The third-order valence-electron chi connectivity index (χ3n) is 2.79. The van der Waals surface area contributed by atoms with Crippen molar-refractivity contribution >= 4 is 17.5 Å². The fourth-order valence-corrected chi connectivity index (χ4v) is 1.68. The Kier molecular flexibility index (Phi) is 5.36. The molecule has 1 atom stereocenters. The van der Waals surface area contributed by atoms with Crippen LogP contribution < -0.4 is 16.4 Å². The Bertz CT molecular complexity index is 472. The van der Waals surface area contributed by atoms with Crippen molar-refractivity contribution in [3.8, 4) is 0 Å². The SMILES string of the molecule is CCCNC(=O)C(C)NC(=O)c1ccc(N)cc1C. The third kappa shape index (κ3) is 4.28. The maximum atomic E-state index is 12.0. The smallest absolute Gasteiger partial charge is 0.252 e. The molecule has 1 rings (SSSR count). The highest BCUT2D eigenvalue weighted by molar-refractivity contribution is 5.98. The predicted octanol–water partition coefficient (Wildman–Crippen LogP) is 1.22. The Morgan fingerprint density at radius 1 is 1.37 bits per heavy atom. The number of anilines is 1. The number of hydrogen-bond acceptors (Lipinski definition) is 3. The molecule has 0 radical (unpaired) electrons. The van der Waals surface area contributed by atoms with Crippen molar-refractivity contribution < 1.29 is 9.59 Å².